The highest BCUT2D eigenvalue weighted by atomic mass is 28.3. The van der Waals surface area contributed by atoms with Crippen LogP contribution in [0.5, 0.6) is 0 Å². The van der Waals surface area contributed by atoms with Gasteiger partial charge in [-0.25, -0.2) is 0 Å². The number of hydrogen-bond donors (Lipinski definition) is 0. The molecule has 92 valence electrons. The monoisotopic (exact) mass is 240 g/mol. The van der Waals surface area contributed by atoms with Crippen LogP contribution in [0.1, 0.15) is 33.1 Å². The topological polar surface area (TPSA) is 18.5 Å². The zero-order valence-corrected chi connectivity index (χ0v) is 12.2. The molecule has 1 spiro atoms. The normalized spacial score (nSPS) is 34.2. The Morgan fingerprint density at radius 2 is 1.75 bits per heavy atom. The summed E-state index contributed by atoms with van der Waals surface area (Å²) in [5.74, 6) is -0.382. The van der Waals surface area contributed by atoms with Crippen molar-refractivity contribution in [3.63, 3.8) is 0 Å². The lowest BCUT2D eigenvalue weighted by atomic mass is 10.0. The van der Waals surface area contributed by atoms with Gasteiger partial charge < -0.3 is 9.47 Å². The van der Waals surface area contributed by atoms with E-state index in [-0.39, 0.29) is 18.0 Å². The molecule has 0 aromatic carbocycles. The van der Waals surface area contributed by atoms with E-state index in [9.17, 15) is 0 Å². The molecule has 1 aliphatic carbocycles. The van der Waals surface area contributed by atoms with Crippen molar-refractivity contribution in [1.82, 2.24) is 0 Å². The van der Waals surface area contributed by atoms with Gasteiger partial charge in [0.2, 0.25) is 0 Å². The second kappa shape index (κ2) is 3.97. The standard InChI is InChI=1S/C13H24O2Si/c1-10-11(2)15-13(14-10)8-6-7-12(9-13)16(3,4)5/h9-11H,6-8H2,1-5H3/t10-,11-/m1/s1. The molecular weight excluding hydrogens is 216 g/mol. The van der Waals surface area contributed by atoms with E-state index in [0.29, 0.717) is 0 Å². The van der Waals surface area contributed by atoms with Gasteiger partial charge in [0, 0.05) is 6.42 Å². The fourth-order valence-corrected chi connectivity index (χ4v) is 4.14. The van der Waals surface area contributed by atoms with Crippen LogP contribution in [0.15, 0.2) is 11.3 Å². The maximum Gasteiger partial charge on any atom is 0.188 e. The molecule has 0 aromatic heterocycles. The van der Waals surface area contributed by atoms with Gasteiger partial charge in [0.1, 0.15) is 0 Å². The van der Waals surface area contributed by atoms with Crippen LogP contribution in [-0.2, 0) is 9.47 Å². The van der Waals surface area contributed by atoms with Gasteiger partial charge in [0.25, 0.3) is 0 Å². The Hall–Kier alpha value is -0.123. The van der Waals surface area contributed by atoms with Crippen LogP contribution in [0.3, 0.4) is 0 Å². The summed E-state index contributed by atoms with van der Waals surface area (Å²) in [7, 11) is -1.19. The number of ether oxygens (including phenoxy) is 2. The molecule has 0 unspecified atom stereocenters. The third kappa shape index (κ3) is 2.26. The summed E-state index contributed by atoms with van der Waals surface area (Å²) in [6.07, 6.45) is 6.22. The summed E-state index contributed by atoms with van der Waals surface area (Å²) in [6, 6.07) is 0. The molecule has 0 amide bonds. The average Bonchev–Trinajstić information content (AvgIpc) is 2.40. The first-order chi connectivity index (χ1) is 7.32. The fourth-order valence-electron chi connectivity index (χ4n) is 2.56. The fraction of sp³-hybridized carbons (Fsp3) is 0.846. The van der Waals surface area contributed by atoms with E-state index in [2.05, 4.69) is 39.6 Å². The van der Waals surface area contributed by atoms with E-state index in [1.165, 1.54) is 12.8 Å². The van der Waals surface area contributed by atoms with Crippen LogP contribution >= 0.6 is 0 Å². The van der Waals surface area contributed by atoms with Crippen molar-refractivity contribution in [1.29, 1.82) is 0 Å². The van der Waals surface area contributed by atoms with Gasteiger partial charge >= 0.3 is 0 Å². The Morgan fingerprint density at radius 1 is 1.19 bits per heavy atom. The molecule has 1 heterocycles. The molecule has 16 heavy (non-hydrogen) atoms. The van der Waals surface area contributed by atoms with Gasteiger partial charge in [-0.1, -0.05) is 24.8 Å². The van der Waals surface area contributed by atoms with Crippen molar-refractivity contribution in [3.05, 3.63) is 11.3 Å². The summed E-state index contributed by atoms with van der Waals surface area (Å²) in [6.45, 7) is 11.4. The van der Waals surface area contributed by atoms with Crippen LogP contribution in [0.25, 0.3) is 0 Å². The van der Waals surface area contributed by atoms with Gasteiger partial charge in [0.15, 0.2) is 5.79 Å². The molecule has 0 saturated carbocycles. The molecule has 2 rings (SSSR count). The Bertz CT molecular complexity index is 294. The lowest BCUT2D eigenvalue weighted by Gasteiger charge is -2.34. The van der Waals surface area contributed by atoms with Gasteiger partial charge in [-0.3, -0.25) is 0 Å². The lowest BCUT2D eigenvalue weighted by Crippen LogP contribution is -2.36. The van der Waals surface area contributed by atoms with Crippen LogP contribution in [-0.4, -0.2) is 26.1 Å². The maximum atomic E-state index is 6.05. The Labute approximate surface area is 100 Å². The van der Waals surface area contributed by atoms with Gasteiger partial charge in [-0.05, 0) is 32.8 Å². The van der Waals surface area contributed by atoms with E-state index >= 15 is 0 Å². The Kier molecular flexibility index (Phi) is 3.06. The number of hydrogen-bond acceptors (Lipinski definition) is 2. The third-order valence-corrected chi connectivity index (χ3v) is 6.08. The zero-order chi connectivity index (χ0) is 12.0. The predicted octanol–water partition coefficient (Wildman–Crippen LogP) is 3.49. The number of rotatable bonds is 1. The SMILES string of the molecule is C[C@H]1OC2(C=C([Si](C)(C)C)CCC2)O[C@@H]1C. The van der Waals surface area contributed by atoms with Crippen molar-refractivity contribution in [3.8, 4) is 0 Å². The van der Waals surface area contributed by atoms with E-state index < -0.39 is 8.07 Å². The van der Waals surface area contributed by atoms with Crippen LogP contribution in [0.4, 0.5) is 0 Å². The van der Waals surface area contributed by atoms with Crippen molar-refractivity contribution in [2.24, 2.45) is 0 Å². The zero-order valence-electron chi connectivity index (χ0n) is 11.2. The van der Waals surface area contributed by atoms with E-state index in [4.69, 9.17) is 9.47 Å². The first kappa shape index (κ1) is 12.3. The minimum absolute atomic E-state index is 0.220. The molecule has 0 aromatic rings. The summed E-state index contributed by atoms with van der Waals surface area (Å²) in [5.41, 5.74) is 0. The lowest BCUT2D eigenvalue weighted by molar-refractivity contribution is -0.142. The first-order valence-corrected chi connectivity index (χ1v) is 9.90. The quantitative estimate of drug-likeness (QED) is 0.653. The van der Waals surface area contributed by atoms with E-state index in [0.717, 1.165) is 6.42 Å². The van der Waals surface area contributed by atoms with Crippen LogP contribution in [0.2, 0.25) is 19.6 Å². The number of allylic oxidation sites excluding steroid dienone is 1. The molecule has 1 saturated heterocycles. The maximum absolute atomic E-state index is 6.05. The summed E-state index contributed by atoms with van der Waals surface area (Å²) >= 11 is 0. The second-order valence-electron chi connectivity index (χ2n) is 6.23. The van der Waals surface area contributed by atoms with Crippen LogP contribution < -0.4 is 0 Å². The van der Waals surface area contributed by atoms with E-state index in [1.54, 1.807) is 5.20 Å². The molecule has 0 N–H and O–H groups in total. The third-order valence-electron chi connectivity index (χ3n) is 3.76. The summed E-state index contributed by atoms with van der Waals surface area (Å²) in [4.78, 5) is 0. The second-order valence-corrected chi connectivity index (χ2v) is 11.4. The van der Waals surface area contributed by atoms with Crippen molar-refractivity contribution in [2.75, 3.05) is 0 Å². The molecule has 1 fully saturated rings. The molecule has 0 radical (unpaired) electrons. The highest BCUT2D eigenvalue weighted by molar-refractivity contribution is 6.83. The molecule has 2 nitrogen and oxygen atoms in total. The van der Waals surface area contributed by atoms with Crippen molar-refractivity contribution < 1.29 is 9.47 Å². The predicted molar refractivity (Wildman–Crippen MR) is 69.1 cm³/mol. The summed E-state index contributed by atoms with van der Waals surface area (Å²) in [5, 5.41) is 1.61. The van der Waals surface area contributed by atoms with E-state index in [1.807, 2.05) is 0 Å². The molecule has 0 bridgehead atoms. The van der Waals surface area contributed by atoms with Crippen LogP contribution in [0, 0.1) is 0 Å². The average molecular weight is 240 g/mol. The van der Waals surface area contributed by atoms with Crippen molar-refractivity contribution >= 4 is 8.07 Å². The Morgan fingerprint density at radius 3 is 2.25 bits per heavy atom. The minimum Gasteiger partial charge on any atom is -0.341 e. The highest BCUT2D eigenvalue weighted by Gasteiger charge is 2.44. The largest absolute Gasteiger partial charge is 0.341 e. The smallest absolute Gasteiger partial charge is 0.188 e. The summed E-state index contributed by atoms with van der Waals surface area (Å²) < 4.78 is 12.1. The van der Waals surface area contributed by atoms with Gasteiger partial charge in [-0.2, -0.15) is 0 Å². The molecule has 2 aliphatic rings. The van der Waals surface area contributed by atoms with Gasteiger partial charge in [-0.15, -0.1) is 0 Å². The molecule has 3 heteroatoms. The molecular formula is C13H24O2Si. The first-order valence-electron chi connectivity index (χ1n) is 6.40. The Balaban J connectivity index is 2.24. The van der Waals surface area contributed by atoms with Crippen molar-refractivity contribution in [2.45, 2.75) is 70.7 Å². The minimum atomic E-state index is -1.19. The molecule has 1 aliphatic heterocycles. The molecule has 2 atom stereocenters. The van der Waals surface area contributed by atoms with Gasteiger partial charge in [0.05, 0.1) is 20.3 Å². The highest BCUT2D eigenvalue weighted by Crippen LogP contribution is 2.40.